The number of benzene rings is 2. The van der Waals surface area contributed by atoms with Gasteiger partial charge in [0.2, 0.25) is 9.74 Å². The summed E-state index contributed by atoms with van der Waals surface area (Å²) in [5.41, 5.74) is 0.539. The van der Waals surface area contributed by atoms with Gasteiger partial charge in [-0.25, -0.2) is 4.79 Å². The largest absolute Gasteiger partial charge is 0.493 e. The van der Waals surface area contributed by atoms with E-state index in [1.165, 1.54) is 67.9 Å². The number of amides is 2. The first-order valence-electron chi connectivity index (χ1n) is 13.0. The Kier molecular flexibility index (Phi) is 6.59. The third kappa shape index (κ3) is 3.72. The van der Waals surface area contributed by atoms with E-state index < -0.39 is 51.9 Å². The molecule has 0 aliphatic carbocycles. The minimum absolute atomic E-state index is 0.106. The summed E-state index contributed by atoms with van der Waals surface area (Å²) in [5.74, 6) is -1.09. The van der Waals surface area contributed by atoms with Crippen molar-refractivity contribution in [1.29, 1.82) is 0 Å². The molecule has 7 bridgehead atoms. The molecule has 2 spiro atoms. The van der Waals surface area contributed by atoms with Crippen molar-refractivity contribution < 1.29 is 48.3 Å². The van der Waals surface area contributed by atoms with Crippen LogP contribution >= 0.6 is 31.4 Å². The van der Waals surface area contributed by atoms with E-state index >= 15 is 0 Å². The fourth-order valence-corrected chi connectivity index (χ4v) is 12.0. The lowest BCUT2D eigenvalue weighted by molar-refractivity contribution is -0.174. The first-order chi connectivity index (χ1) is 20.7. The molecule has 6 aliphatic rings. The van der Waals surface area contributed by atoms with E-state index in [0.29, 0.717) is 11.5 Å². The number of piperazine rings is 1. The van der Waals surface area contributed by atoms with Crippen LogP contribution in [0.3, 0.4) is 0 Å². The van der Waals surface area contributed by atoms with Crippen LogP contribution in [0, 0.1) is 0 Å². The molecule has 8 rings (SSSR count). The van der Waals surface area contributed by atoms with Gasteiger partial charge in [0.1, 0.15) is 24.4 Å². The Balaban J connectivity index is 1.50. The van der Waals surface area contributed by atoms with Crippen molar-refractivity contribution in [3.63, 3.8) is 0 Å². The number of rotatable bonds is 2. The second-order valence-electron chi connectivity index (χ2n) is 10.2. The van der Waals surface area contributed by atoms with Gasteiger partial charge < -0.3 is 43.7 Å². The SMILES string of the molecule is COc1ccc2cc1Oc1cc(ccc1OC)[C@H](O)[C@]13SSS[C@@]4(C(=O)N1C)[C@H](O)C1=COC=C[C@H](OC2=O)[C@H]1N4C3=O. The number of carbonyl (C=O) groups is 3. The highest BCUT2D eigenvalue weighted by atomic mass is 33.5. The molecule has 6 atom stereocenters. The Hall–Kier alpha value is -3.50. The normalized spacial score (nSPS) is 32.4. The Morgan fingerprint density at radius 2 is 1.60 bits per heavy atom. The highest BCUT2D eigenvalue weighted by molar-refractivity contribution is 9.10. The number of hydrogen-bond donors (Lipinski definition) is 2. The number of nitrogens with zero attached hydrogens (tertiary/aromatic N) is 2. The molecule has 2 N–H and O–H groups in total. The molecule has 2 aromatic carbocycles. The van der Waals surface area contributed by atoms with E-state index in [9.17, 15) is 24.6 Å². The lowest BCUT2D eigenvalue weighted by Gasteiger charge is -2.52. The molecule has 6 aliphatic heterocycles. The average Bonchev–Trinajstić information content (AvgIpc) is 3.17. The quantitative estimate of drug-likeness (QED) is 0.366. The molecule has 224 valence electrons. The van der Waals surface area contributed by atoms with E-state index in [1.54, 1.807) is 18.2 Å². The second kappa shape index (κ2) is 10.0. The van der Waals surface area contributed by atoms with Crippen molar-refractivity contribution in [3.05, 3.63) is 71.7 Å². The van der Waals surface area contributed by atoms with Gasteiger partial charge in [-0.05, 0) is 73.4 Å². The minimum atomic E-state index is -1.88. The predicted molar refractivity (Wildman–Crippen MR) is 156 cm³/mol. The number of likely N-dealkylation sites (N-methyl/N-ethyl adjacent to an activating group) is 1. The number of fused-ring (bicyclic) bond motifs is 7. The van der Waals surface area contributed by atoms with Gasteiger partial charge in [0.15, 0.2) is 23.0 Å². The number of hydrogen-bond acceptors (Lipinski definition) is 13. The zero-order valence-electron chi connectivity index (χ0n) is 22.8. The van der Waals surface area contributed by atoms with Crippen LogP contribution in [0.1, 0.15) is 22.0 Å². The lowest BCUT2D eigenvalue weighted by Crippen LogP contribution is -2.75. The van der Waals surface area contributed by atoms with Crippen molar-refractivity contribution in [2.24, 2.45) is 0 Å². The highest BCUT2D eigenvalue weighted by Gasteiger charge is 2.76. The summed E-state index contributed by atoms with van der Waals surface area (Å²) in [5, 5.41) is 23.8. The number of carbonyl (C=O) groups excluding carboxylic acids is 3. The van der Waals surface area contributed by atoms with Crippen LogP contribution < -0.4 is 14.2 Å². The van der Waals surface area contributed by atoms with Gasteiger partial charge in [-0.3, -0.25) is 9.59 Å². The van der Waals surface area contributed by atoms with Crippen LogP contribution in [0.5, 0.6) is 23.0 Å². The van der Waals surface area contributed by atoms with Gasteiger partial charge in [0, 0.05) is 12.6 Å². The molecule has 12 nitrogen and oxygen atoms in total. The maximum Gasteiger partial charge on any atom is 0.338 e. The summed E-state index contributed by atoms with van der Waals surface area (Å²) in [7, 11) is 7.44. The summed E-state index contributed by atoms with van der Waals surface area (Å²) in [6.07, 6.45) is -0.248. The van der Waals surface area contributed by atoms with E-state index in [-0.39, 0.29) is 28.2 Å². The van der Waals surface area contributed by atoms with E-state index in [0.717, 1.165) is 31.4 Å². The van der Waals surface area contributed by atoms with Crippen molar-refractivity contribution in [1.82, 2.24) is 9.80 Å². The topological polar surface area (TPSA) is 144 Å². The van der Waals surface area contributed by atoms with Crippen molar-refractivity contribution >= 4 is 49.2 Å². The fourth-order valence-electron chi connectivity index (χ4n) is 6.04. The van der Waals surface area contributed by atoms with E-state index in [4.69, 9.17) is 23.7 Å². The number of ether oxygens (including phenoxy) is 5. The lowest BCUT2D eigenvalue weighted by atomic mass is 9.93. The molecule has 43 heavy (non-hydrogen) atoms. The number of aliphatic hydroxyl groups excluding tert-OH is 2. The van der Waals surface area contributed by atoms with Crippen LogP contribution in [-0.2, 0) is 19.1 Å². The predicted octanol–water partition coefficient (Wildman–Crippen LogP) is 2.98. The zero-order chi connectivity index (χ0) is 30.3. The maximum absolute atomic E-state index is 14.8. The molecule has 0 saturated carbocycles. The Bertz CT molecular complexity index is 1630. The van der Waals surface area contributed by atoms with Crippen LogP contribution in [0.25, 0.3) is 0 Å². The first kappa shape index (κ1) is 28.3. The Morgan fingerprint density at radius 3 is 2.35 bits per heavy atom. The fraction of sp³-hybridized carbons (Fsp3) is 0.321. The minimum Gasteiger partial charge on any atom is -0.493 e. The van der Waals surface area contributed by atoms with Gasteiger partial charge in [-0.15, -0.1) is 0 Å². The Labute approximate surface area is 256 Å². The van der Waals surface area contributed by atoms with Crippen molar-refractivity contribution in [2.75, 3.05) is 21.3 Å². The summed E-state index contributed by atoms with van der Waals surface area (Å²) in [6.45, 7) is 0. The molecular weight excluding hydrogens is 621 g/mol. The highest BCUT2D eigenvalue weighted by Crippen LogP contribution is 2.67. The summed E-state index contributed by atoms with van der Waals surface area (Å²) in [4.78, 5) is 41.5. The maximum atomic E-state index is 14.8. The van der Waals surface area contributed by atoms with Crippen molar-refractivity contribution in [3.8, 4) is 23.0 Å². The van der Waals surface area contributed by atoms with Crippen LogP contribution in [-0.4, -0.2) is 87.1 Å². The molecule has 15 heteroatoms. The van der Waals surface area contributed by atoms with Gasteiger partial charge in [-0.1, -0.05) is 6.07 Å². The zero-order valence-corrected chi connectivity index (χ0v) is 25.2. The third-order valence-electron chi connectivity index (χ3n) is 8.22. The van der Waals surface area contributed by atoms with Gasteiger partial charge >= 0.3 is 5.97 Å². The van der Waals surface area contributed by atoms with Gasteiger partial charge in [0.05, 0.1) is 32.3 Å². The molecule has 0 aromatic heterocycles. The smallest absolute Gasteiger partial charge is 0.338 e. The third-order valence-corrected chi connectivity index (χ3v) is 13.3. The molecule has 4 saturated heterocycles. The van der Waals surface area contributed by atoms with Gasteiger partial charge in [0.25, 0.3) is 11.8 Å². The molecule has 6 heterocycles. The van der Waals surface area contributed by atoms with Crippen LogP contribution in [0.4, 0.5) is 0 Å². The standard InChI is InChI=1S/C28H24N2O10S3/c1-29-25(34)28-23(32)15-12-38-9-8-18-21(15)30(28)26(35)27(29,41-43-42-28)22(31)13-4-6-16(36-2)19(10-13)39-20-11-14(24(33)40-18)5-7-17(20)37-3/h4-12,18,21-23,31-32H,1-3H3/t18-,21-,22-,23+,27+,28+/m0/s1. The number of esters is 1. The molecular formula is C28H24N2O10S3. The summed E-state index contributed by atoms with van der Waals surface area (Å²) < 4.78 is 28.6. The molecule has 0 unspecified atom stereocenters. The summed E-state index contributed by atoms with van der Waals surface area (Å²) >= 11 is 0. The van der Waals surface area contributed by atoms with Crippen LogP contribution in [0.15, 0.2) is 60.6 Å². The monoisotopic (exact) mass is 644 g/mol. The van der Waals surface area contributed by atoms with E-state index in [1.807, 2.05) is 0 Å². The van der Waals surface area contributed by atoms with Gasteiger partial charge in [-0.2, -0.15) is 0 Å². The molecule has 2 amide bonds. The summed E-state index contributed by atoms with van der Waals surface area (Å²) in [6, 6.07) is 8.02. The Morgan fingerprint density at radius 1 is 0.907 bits per heavy atom. The number of aliphatic hydroxyl groups is 2. The van der Waals surface area contributed by atoms with E-state index in [2.05, 4.69) is 0 Å². The second-order valence-corrected chi connectivity index (χ2v) is 14.6. The first-order valence-corrected chi connectivity index (χ1v) is 16.5. The molecule has 4 fully saturated rings. The molecule has 0 radical (unpaired) electrons. The van der Waals surface area contributed by atoms with Crippen LogP contribution in [0.2, 0.25) is 0 Å². The number of methoxy groups -OCH3 is 2. The van der Waals surface area contributed by atoms with Crippen molar-refractivity contribution in [2.45, 2.75) is 34.1 Å². The molecule has 2 aromatic rings. The average molecular weight is 645 g/mol.